The van der Waals surface area contributed by atoms with E-state index < -0.39 is 11.7 Å². The van der Waals surface area contributed by atoms with E-state index in [0.717, 1.165) is 17.3 Å². The van der Waals surface area contributed by atoms with E-state index in [1.54, 1.807) is 24.3 Å². The summed E-state index contributed by atoms with van der Waals surface area (Å²) in [6.45, 7) is 3.92. The number of carbonyl (C=O) groups is 1. The van der Waals surface area contributed by atoms with Gasteiger partial charge in [-0.1, -0.05) is 22.8 Å². The molecule has 0 aliphatic rings. The molecule has 1 aromatic heterocycles. The van der Waals surface area contributed by atoms with Gasteiger partial charge in [-0.05, 0) is 50.2 Å². The van der Waals surface area contributed by atoms with Crippen molar-refractivity contribution in [2.24, 2.45) is 0 Å². The van der Waals surface area contributed by atoms with Crippen LogP contribution >= 0.6 is 11.6 Å². The topological polar surface area (TPSA) is 64.4 Å². The third kappa shape index (κ3) is 4.03. The van der Waals surface area contributed by atoms with Crippen molar-refractivity contribution in [3.63, 3.8) is 0 Å². The van der Waals surface area contributed by atoms with Crippen LogP contribution in [0.4, 0.5) is 10.1 Å². The summed E-state index contributed by atoms with van der Waals surface area (Å²) in [4.78, 5) is 12.4. The second kappa shape index (κ2) is 7.58. The molecule has 0 saturated heterocycles. The SMILES string of the molecule is Cc1noc(C)c1COc1cccc(C(=O)Nc2ccc(Cl)cc2F)c1. The first-order chi connectivity index (χ1) is 12.4. The van der Waals surface area contributed by atoms with Gasteiger partial charge in [0.1, 0.15) is 23.9 Å². The second-order valence-corrected chi connectivity index (χ2v) is 6.13. The van der Waals surface area contributed by atoms with Crippen molar-refractivity contribution in [1.29, 1.82) is 0 Å². The summed E-state index contributed by atoms with van der Waals surface area (Å²) < 4.78 is 24.6. The molecular weight excluding hydrogens is 359 g/mol. The van der Waals surface area contributed by atoms with Crippen LogP contribution in [0.15, 0.2) is 47.0 Å². The van der Waals surface area contributed by atoms with E-state index in [4.69, 9.17) is 20.9 Å². The van der Waals surface area contributed by atoms with Gasteiger partial charge >= 0.3 is 0 Å². The first-order valence-electron chi connectivity index (χ1n) is 7.85. The molecule has 0 unspecified atom stereocenters. The predicted molar refractivity (Wildman–Crippen MR) is 96.1 cm³/mol. The van der Waals surface area contributed by atoms with Crippen molar-refractivity contribution >= 4 is 23.2 Å². The van der Waals surface area contributed by atoms with Gasteiger partial charge in [-0.15, -0.1) is 0 Å². The zero-order valence-electron chi connectivity index (χ0n) is 14.2. The zero-order chi connectivity index (χ0) is 18.7. The van der Waals surface area contributed by atoms with Gasteiger partial charge < -0.3 is 14.6 Å². The van der Waals surface area contributed by atoms with Crippen molar-refractivity contribution in [2.45, 2.75) is 20.5 Å². The predicted octanol–water partition coefficient (Wildman–Crippen LogP) is 4.92. The highest BCUT2D eigenvalue weighted by atomic mass is 35.5. The molecule has 7 heteroatoms. The molecule has 0 saturated carbocycles. The Morgan fingerprint density at radius 2 is 2.08 bits per heavy atom. The third-order valence-corrected chi connectivity index (χ3v) is 4.08. The van der Waals surface area contributed by atoms with Gasteiger partial charge in [-0.2, -0.15) is 0 Å². The van der Waals surface area contributed by atoms with E-state index >= 15 is 0 Å². The number of benzene rings is 2. The van der Waals surface area contributed by atoms with Crippen LogP contribution in [0.1, 0.15) is 27.4 Å². The number of aromatic nitrogens is 1. The Balaban J connectivity index is 1.71. The van der Waals surface area contributed by atoms with E-state index in [1.807, 2.05) is 13.8 Å². The molecule has 0 atom stereocenters. The number of hydrogen-bond donors (Lipinski definition) is 1. The normalized spacial score (nSPS) is 10.6. The Hall–Kier alpha value is -2.86. The molecule has 0 aliphatic heterocycles. The van der Waals surface area contributed by atoms with E-state index in [0.29, 0.717) is 17.1 Å². The van der Waals surface area contributed by atoms with E-state index in [9.17, 15) is 9.18 Å². The molecule has 0 spiro atoms. The first kappa shape index (κ1) is 17.9. The minimum absolute atomic E-state index is 0.0569. The molecule has 0 radical (unpaired) electrons. The van der Waals surface area contributed by atoms with E-state index in [2.05, 4.69) is 10.5 Å². The summed E-state index contributed by atoms with van der Waals surface area (Å²) in [7, 11) is 0. The minimum Gasteiger partial charge on any atom is -0.489 e. The molecule has 0 fully saturated rings. The highest BCUT2D eigenvalue weighted by molar-refractivity contribution is 6.30. The smallest absolute Gasteiger partial charge is 0.255 e. The molecule has 5 nitrogen and oxygen atoms in total. The van der Waals surface area contributed by atoms with Crippen molar-refractivity contribution in [3.8, 4) is 5.75 Å². The van der Waals surface area contributed by atoms with Gasteiger partial charge in [-0.25, -0.2) is 4.39 Å². The van der Waals surface area contributed by atoms with Gasteiger partial charge in [-0.3, -0.25) is 4.79 Å². The lowest BCUT2D eigenvalue weighted by Gasteiger charge is -2.09. The zero-order valence-corrected chi connectivity index (χ0v) is 14.9. The van der Waals surface area contributed by atoms with Crippen LogP contribution in [0.25, 0.3) is 0 Å². The van der Waals surface area contributed by atoms with E-state index in [-0.39, 0.29) is 17.3 Å². The van der Waals surface area contributed by atoms with Crippen LogP contribution in [0.5, 0.6) is 5.75 Å². The Bertz CT molecular complexity index is 936. The molecule has 134 valence electrons. The first-order valence-corrected chi connectivity index (χ1v) is 8.23. The fourth-order valence-corrected chi connectivity index (χ4v) is 2.53. The maximum Gasteiger partial charge on any atom is 0.255 e. The van der Waals surface area contributed by atoms with Crippen molar-refractivity contribution < 1.29 is 18.4 Å². The van der Waals surface area contributed by atoms with Crippen molar-refractivity contribution in [1.82, 2.24) is 5.16 Å². The molecule has 1 amide bonds. The largest absolute Gasteiger partial charge is 0.489 e. The van der Waals surface area contributed by atoms with Gasteiger partial charge in [0, 0.05) is 10.6 Å². The Kier molecular flexibility index (Phi) is 5.23. The highest BCUT2D eigenvalue weighted by Gasteiger charge is 2.12. The Morgan fingerprint density at radius 3 is 2.77 bits per heavy atom. The number of hydrogen-bond acceptors (Lipinski definition) is 4. The van der Waals surface area contributed by atoms with Crippen LogP contribution in [0.2, 0.25) is 5.02 Å². The quantitative estimate of drug-likeness (QED) is 0.688. The summed E-state index contributed by atoms with van der Waals surface area (Å²) in [6.07, 6.45) is 0. The van der Waals surface area contributed by atoms with Crippen LogP contribution in [0.3, 0.4) is 0 Å². The van der Waals surface area contributed by atoms with Crippen molar-refractivity contribution in [2.75, 3.05) is 5.32 Å². The number of amides is 1. The van der Waals surface area contributed by atoms with Gasteiger partial charge in [0.2, 0.25) is 0 Å². The third-order valence-electron chi connectivity index (χ3n) is 3.84. The van der Waals surface area contributed by atoms with Crippen LogP contribution in [0, 0.1) is 19.7 Å². The molecule has 0 bridgehead atoms. The molecule has 0 aliphatic carbocycles. The molecule has 26 heavy (non-hydrogen) atoms. The number of aryl methyl sites for hydroxylation is 2. The maximum absolute atomic E-state index is 13.8. The fraction of sp³-hybridized carbons (Fsp3) is 0.158. The fourth-order valence-electron chi connectivity index (χ4n) is 2.38. The second-order valence-electron chi connectivity index (χ2n) is 5.70. The van der Waals surface area contributed by atoms with Gasteiger partial charge in [0.25, 0.3) is 5.91 Å². The summed E-state index contributed by atoms with van der Waals surface area (Å²) >= 11 is 5.71. The summed E-state index contributed by atoms with van der Waals surface area (Å²) in [5.74, 6) is 0.148. The number of anilines is 1. The minimum atomic E-state index is -0.600. The lowest BCUT2D eigenvalue weighted by atomic mass is 10.2. The molecule has 3 rings (SSSR count). The molecule has 1 heterocycles. The van der Waals surface area contributed by atoms with Gasteiger partial charge in [0.15, 0.2) is 0 Å². The number of ether oxygens (including phenoxy) is 1. The number of rotatable bonds is 5. The monoisotopic (exact) mass is 374 g/mol. The van der Waals surface area contributed by atoms with E-state index in [1.165, 1.54) is 12.1 Å². The average Bonchev–Trinajstić information content (AvgIpc) is 2.94. The average molecular weight is 375 g/mol. The summed E-state index contributed by atoms with van der Waals surface area (Å²) in [5, 5.41) is 6.65. The molecule has 2 aromatic carbocycles. The lowest BCUT2D eigenvalue weighted by molar-refractivity contribution is 0.102. The number of halogens is 2. The standard InChI is InChI=1S/C19H16ClFN2O3/c1-11-16(12(2)26-23-11)10-25-15-5-3-4-13(8-15)19(24)22-18-7-6-14(20)9-17(18)21/h3-9H,10H2,1-2H3,(H,22,24). The van der Waals surface area contributed by atoms with Crippen LogP contribution in [-0.2, 0) is 6.61 Å². The molecular formula is C19H16ClFN2O3. The number of nitrogens with one attached hydrogen (secondary N) is 1. The van der Waals surface area contributed by atoms with Crippen LogP contribution < -0.4 is 10.1 Å². The summed E-state index contributed by atoms with van der Waals surface area (Å²) in [5.41, 5.74) is 2.02. The number of carbonyl (C=O) groups excluding carboxylic acids is 1. The Labute approximate surface area is 154 Å². The molecule has 1 N–H and O–H groups in total. The Morgan fingerprint density at radius 1 is 1.27 bits per heavy atom. The maximum atomic E-state index is 13.8. The summed E-state index contributed by atoms with van der Waals surface area (Å²) in [6, 6.07) is 10.7. The number of nitrogens with zero attached hydrogens (tertiary/aromatic N) is 1. The molecule has 3 aromatic rings. The van der Waals surface area contributed by atoms with Gasteiger partial charge in [0.05, 0.1) is 16.9 Å². The van der Waals surface area contributed by atoms with Crippen LogP contribution in [-0.4, -0.2) is 11.1 Å². The van der Waals surface area contributed by atoms with Crippen molar-refractivity contribution in [3.05, 3.63) is 75.9 Å². The lowest BCUT2D eigenvalue weighted by Crippen LogP contribution is -2.13. The highest BCUT2D eigenvalue weighted by Crippen LogP contribution is 2.22.